The Morgan fingerprint density at radius 3 is 2.38 bits per heavy atom. The topological polar surface area (TPSA) is 39.9 Å². The van der Waals surface area contributed by atoms with Crippen molar-refractivity contribution in [2.75, 3.05) is 6.54 Å². The Kier molecular flexibility index (Phi) is 3.61. The molecule has 1 unspecified atom stereocenters. The van der Waals surface area contributed by atoms with Crippen LogP contribution in [0.25, 0.3) is 0 Å². The fourth-order valence-electron chi connectivity index (χ4n) is 4.56. The van der Waals surface area contributed by atoms with Crippen LogP contribution in [0, 0.1) is 11.3 Å². The van der Waals surface area contributed by atoms with Crippen LogP contribution in [0.15, 0.2) is 18.5 Å². The predicted molar refractivity (Wildman–Crippen MR) is 82.3 cm³/mol. The largest absolute Gasteiger partial charge is 0.401 e. The van der Waals surface area contributed by atoms with Crippen LogP contribution in [0.1, 0.15) is 55.6 Å². The lowest BCUT2D eigenvalue weighted by molar-refractivity contribution is -0.156. The van der Waals surface area contributed by atoms with Gasteiger partial charge >= 0.3 is 6.18 Å². The van der Waals surface area contributed by atoms with Crippen LogP contribution in [0.5, 0.6) is 0 Å². The van der Waals surface area contributed by atoms with Gasteiger partial charge in [0, 0.05) is 24.5 Å². The minimum Gasteiger partial charge on any atom is -0.289 e. The molecule has 3 atom stereocenters. The average molecular weight is 335 g/mol. The van der Waals surface area contributed by atoms with Gasteiger partial charge in [-0.15, -0.1) is 0 Å². The molecule has 3 fully saturated rings. The normalized spacial score (nSPS) is 33.4. The van der Waals surface area contributed by atoms with Gasteiger partial charge in [0.1, 0.15) is 0 Å². The van der Waals surface area contributed by atoms with Gasteiger partial charge in [-0.05, 0) is 55.6 Å². The number of alkyl halides is 3. The third-order valence-corrected chi connectivity index (χ3v) is 5.88. The van der Waals surface area contributed by atoms with Crippen molar-refractivity contribution < 1.29 is 13.2 Å². The fraction of sp³-hybridized carbons (Fsp3) is 0.667. The van der Waals surface area contributed by atoms with Crippen LogP contribution in [-0.4, -0.2) is 34.7 Å². The number of nitriles is 1. The van der Waals surface area contributed by atoms with Gasteiger partial charge in [-0.2, -0.15) is 18.4 Å². The summed E-state index contributed by atoms with van der Waals surface area (Å²) in [6.07, 6.45) is 4.21. The Balaban J connectivity index is 1.61. The molecule has 6 heteroatoms. The summed E-state index contributed by atoms with van der Waals surface area (Å²) in [5.74, 6) is 0.551. The SMILES string of the molecule is N#CC1(c2cncc(C3CC3)c2)C[C@H]2CC[C@@H](C1)N2CC(F)(F)F. The molecular weight excluding hydrogens is 315 g/mol. The van der Waals surface area contributed by atoms with Crippen molar-refractivity contribution in [3.63, 3.8) is 0 Å². The molecule has 0 radical (unpaired) electrons. The smallest absolute Gasteiger partial charge is 0.289 e. The molecule has 3 heterocycles. The van der Waals surface area contributed by atoms with Crippen molar-refractivity contribution in [3.8, 4) is 6.07 Å². The maximum absolute atomic E-state index is 12.8. The highest BCUT2D eigenvalue weighted by Gasteiger charge is 2.52. The second kappa shape index (κ2) is 5.45. The van der Waals surface area contributed by atoms with Gasteiger partial charge in [-0.1, -0.05) is 6.07 Å². The zero-order valence-corrected chi connectivity index (χ0v) is 13.4. The Morgan fingerprint density at radius 2 is 1.83 bits per heavy atom. The van der Waals surface area contributed by atoms with Crippen LogP contribution < -0.4 is 0 Å². The second-order valence-electron chi connectivity index (χ2n) is 7.56. The number of piperidine rings is 1. The Morgan fingerprint density at radius 1 is 1.17 bits per heavy atom. The molecule has 24 heavy (non-hydrogen) atoms. The highest BCUT2D eigenvalue weighted by Crippen LogP contribution is 2.48. The van der Waals surface area contributed by atoms with E-state index in [4.69, 9.17) is 0 Å². The third-order valence-electron chi connectivity index (χ3n) is 5.88. The molecule has 1 aromatic rings. The molecule has 1 aromatic heterocycles. The van der Waals surface area contributed by atoms with E-state index in [-0.39, 0.29) is 12.1 Å². The quantitative estimate of drug-likeness (QED) is 0.841. The standard InChI is InChI=1S/C18H20F3N3/c19-18(20,21)11-24-15-3-4-16(24)7-17(6-15,10-22)14-5-13(8-23-9-14)12-1-2-12/h5,8-9,12,15-16H,1-4,6-7,11H2/t15-,16+,17?. The van der Waals surface area contributed by atoms with Crippen LogP contribution in [-0.2, 0) is 5.41 Å². The minimum absolute atomic E-state index is 0.158. The monoisotopic (exact) mass is 335 g/mol. The zero-order valence-electron chi connectivity index (χ0n) is 13.4. The van der Waals surface area contributed by atoms with E-state index in [0.29, 0.717) is 18.8 Å². The number of halogens is 3. The van der Waals surface area contributed by atoms with E-state index < -0.39 is 18.1 Å². The maximum atomic E-state index is 12.8. The van der Waals surface area contributed by atoms with Gasteiger partial charge in [0.05, 0.1) is 18.0 Å². The van der Waals surface area contributed by atoms with E-state index in [1.165, 1.54) is 5.56 Å². The van der Waals surface area contributed by atoms with E-state index in [1.807, 2.05) is 6.20 Å². The number of aromatic nitrogens is 1. The van der Waals surface area contributed by atoms with E-state index in [0.717, 1.165) is 31.2 Å². The number of pyridine rings is 1. The van der Waals surface area contributed by atoms with Crippen LogP contribution in [0.3, 0.4) is 0 Å². The summed E-state index contributed by atoms with van der Waals surface area (Å²) in [5.41, 5.74) is 1.39. The van der Waals surface area contributed by atoms with Gasteiger partial charge < -0.3 is 0 Å². The lowest BCUT2D eigenvalue weighted by Crippen LogP contribution is -2.51. The fourth-order valence-corrected chi connectivity index (χ4v) is 4.56. The number of fused-ring (bicyclic) bond motifs is 2. The lowest BCUT2D eigenvalue weighted by Gasteiger charge is -2.43. The molecule has 2 saturated heterocycles. The van der Waals surface area contributed by atoms with Crippen LogP contribution in [0.4, 0.5) is 13.2 Å². The van der Waals surface area contributed by atoms with Crippen LogP contribution >= 0.6 is 0 Å². The summed E-state index contributed by atoms with van der Waals surface area (Å²) in [4.78, 5) is 5.90. The van der Waals surface area contributed by atoms with Crippen molar-refractivity contribution in [2.45, 2.75) is 68.1 Å². The van der Waals surface area contributed by atoms with Crippen molar-refractivity contribution in [1.82, 2.24) is 9.88 Å². The van der Waals surface area contributed by atoms with E-state index in [2.05, 4.69) is 17.1 Å². The highest BCUT2D eigenvalue weighted by atomic mass is 19.4. The predicted octanol–water partition coefficient (Wildman–Crippen LogP) is 3.91. The third kappa shape index (κ3) is 2.79. The van der Waals surface area contributed by atoms with Crippen molar-refractivity contribution in [3.05, 3.63) is 29.6 Å². The lowest BCUT2D eigenvalue weighted by atomic mass is 9.71. The molecule has 3 nitrogen and oxygen atoms in total. The van der Waals surface area contributed by atoms with E-state index in [1.54, 1.807) is 11.1 Å². The molecule has 0 amide bonds. The molecule has 0 spiro atoms. The van der Waals surface area contributed by atoms with Gasteiger partial charge in [0.15, 0.2) is 0 Å². The Bertz CT molecular complexity index is 661. The molecule has 128 valence electrons. The molecule has 3 aliphatic rings. The molecule has 1 saturated carbocycles. The molecule has 2 bridgehead atoms. The summed E-state index contributed by atoms with van der Waals surface area (Å²) >= 11 is 0. The maximum Gasteiger partial charge on any atom is 0.401 e. The molecule has 0 aromatic carbocycles. The first kappa shape index (κ1) is 15.9. The van der Waals surface area contributed by atoms with Gasteiger partial charge in [-0.3, -0.25) is 9.88 Å². The van der Waals surface area contributed by atoms with E-state index in [9.17, 15) is 18.4 Å². The summed E-state index contributed by atoms with van der Waals surface area (Å²) in [7, 11) is 0. The molecule has 0 N–H and O–H groups in total. The number of hydrogen-bond donors (Lipinski definition) is 0. The minimum atomic E-state index is -4.18. The Labute approximate surface area is 139 Å². The summed E-state index contributed by atoms with van der Waals surface area (Å²) in [6, 6.07) is 4.22. The van der Waals surface area contributed by atoms with Gasteiger partial charge in [-0.25, -0.2) is 0 Å². The highest BCUT2D eigenvalue weighted by molar-refractivity contribution is 5.37. The number of rotatable bonds is 3. The number of nitrogens with zero attached hydrogens (tertiary/aromatic N) is 3. The molecule has 2 aliphatic heterocycles. The van der Waals surface area contributed by atoms with Crippen LogP contribution in [0.2, 0.25) is 0 Å². The van der Waals surface area contributed by atoms with Crippen molar-refractivity contribution >= 4 is 0 Å². The number of hydrogen-bond acceptors (Lipinski definition) is 3. The molecular formula is C18H20F3N3. The van der Waals surface area contributed by atoms with Gasteiger partial charge in [0.25, 0.3) is 0 Å². The second-order valence-corrected chi connectivity index (χ2v) is 7.56. The average Bonchev–Trinajstić information content (AvgIpc) is 3.35. The van der Waals surface area contributed by atoms with E-state index >= 15 is 0 Å². The first-order chi connectivity index (χ1) is 11.4. The van der Waals surface area contributed by atoms with Crippen molar-refractivity contribution in [1.29, 1.82) is 5.26 Å². The van der Waals surface area contributed by atoms with Gasteiger partial charge in [0.2, 0.25) is 0 Å². The molecule has 1 aliphatic carbocycles. The first-order valence-corrected chi connectivity index (χ1v) is 8.59. The summed E-state index contributed by atoms with van der Waals surface area (Å²) in [5, 5.41) is 9.90. The summed E-state index contributed by atoms with van der Waals surface area (Å²) < 4.78 is 38.5. The summed E-state index contributed by atoms with van der Waals surface area (Å²) in [6.45, 7) is -0.857. The Hall–Kier alpha value is -1.61. The first-order valence-electron chi connectivity index (χ1n) is 8.59. The van der Waals surface area contributed by atoms with Crippen molar-refractivity contribution in [2.24, 2.45) is 0 Å². The zero-order chi connectivity index (χ0) is 16.9. The molecule has 4 rings (SSSR count).